The van der Waals surface area contributed by atoms with Crippen LogP contribution in [0.1, 0.15) is 5.56 Å². The van der Waals surface area contributed by atoms with Gasteiger partial charge in [0.15, 0.2) is 0 Å². The highest BCUT2D eigenvalue weighted by atomic mass is 19.1. The van der Waals surface area contributed by atoms with Crippen molar-refractivity contribution in [2.24, 2.45) is 0 Å². The van der Waals surface area contributed by atoms with Gasteiger partial charge in [0.05, 0.1) is 12.1 Å². The maximum atomic E-state index is 13.5. The molecule has 0 aliphatic heterocycles. The zero-order valence-corrected chi connectivity index (χ0v) is 11.7. The van der Waals surface area contributed by atoms with Crippen LogP contribution in [0.2, 0.25) is 0 Å². The van der Waals surface area contributed by atoms with Gasteiger partial charge >= 0.3 is 0 Å². The van der Waals surface area contributed by atoms with E-state index in [2.05, 4.69) is 10.4 Å². The van der Waals surface area contributed by atoms with Gasteiger partial charge in [0.1, 0.15) is 5.82 Å². The number of rotatable bonds is 4. The Kier molecular flexibility index (Phi) is 3.96. The molecule has 2 aromatic carbocycles. The molecule has 1 aromatic heterocycles. The van der Waals surface area contributed by atoms with Crippen LogP contribution in [0.5, 0.6) is 0 Å². The summed E-state index contributed by atoms with van der Waals surface area (Å²) in [6, 6.07) is 15.4. The van der Waals surface area contributed by atoms with Gasteiger partial charge in [-0.05, 0) is 35.9 Å². The first-order valence-electron chi connectivity index (χ1n) is 6.86. The van der Waals surface area contributed by atoms with E-state index in [-0.39, 0.29) is 18.1 Å². The lowest BCUT2D eigenvalue weighted by Crippen LogP contribution is -2.15. The molecule has 5 heteroatoms. The number of nitrogens with zero attached hydrogens (tertiary/aromatic N) is 2. The summed E-state index contributed by atoms with van der Waals surface area (Å²) in [7, 11) is 0. The molecular weight excluding hydrogens is 281 g/mol. The largest absolute Gasteiger partial charge is 0.326 e. The molecule has 0 saturated heterocycles. The molecule has 110 valence electrons. The summed E-state index contributed by atoms with van der Waals surface area (Å²) in [5.41, 5.74) is 1.87. The Balaban J connectivity index is 1.72. The summed E-state index contributed by atoms with van der Waals surface area (Å²) in [6.07, 6.45) is 3.50. The van der Waals surface area contributed by atoms with Crippen molar-refractivity contribution in [2.75, 3.05) is 5.32 Å². The zero-order chi connectivity index (χ0) is 15.4. The van der Waals surface area contributed by atoms with Crippen LogP contribution >= 0.6 is 0 Å². The van der Waals surface area contributed by atoms with Crippen molar-refractivity contribution in [3.63, 3.8) is 0 Å². The average molecular weight is 295 g/mol. The number of anilines is 1. The van der Waals surface area contributed by atoms with Crippen LogP contribution in [0.4, 0.5) is 10.1 Å². The molecule has 4 nitrogen and oxygen atoms in total. The van der Waals surface area contributed by atoms with E-state index in [1.165, 1.54) is 6.07 Å². The second kappa shape index (κ2) is 6.22. The van der Waals surface area contributed by atoms with Gasteiger partial charge in [-0.3, -0.25) is 4.79 Å². The van der Waals surface area contributed by atoms with Crippen LogP contribution in [0.25, 0.3) is 5.69 Å². The molecule has 1 heterocycles. The van der Waals surface area contributed by atoms with Crippen molar-refractivity contribution in [3.05, 3.63) is 78.4 Å². The quantitative estimate of drug-likeness (QED) is 0.803. The Morgan fingerprint density at radius 2 is 2.00 bits per heavy atom. The fourth-order valence-corrected chi connectivity index (χ4v) is 2.17. The molecule has 0 radical (unpaired) electrons. The molecule has 0 aliphatic rings. The smallest absolute Gasteiger partial charge is 0.228 e. The molecule has 0 unspecified atom stereocenters. The second-order valence-electron chi connectivity index (χ2n) is 4.82. The van der Waals surface area contributed by atoms with Crippen LogP contribution in [0, 0.1) is 5.82 Å². The predicted molar refractivity (Wildman–Crippen MR) is 82.3 cm³/mol. The number of amides is 1. The Hall–Kier alpha value is -2.95. The molecule has 0 aliphatic carbocycles. The van der Waals surface area contributed by atoms with Crippen LogP contribution in [-0.2, 0) is 11.2 Å². The summed E-state index contributed by atoms with van der Waals surface area (Å²) in [4.78, 5) is 12.0. The molecule has 3 aromatic rings. The molecule has 1 amide bonds. The first kappa shape index (κ1) is 14.0. The van der Waals surface area contributed by atoms with E-state index in [0.29, 0.717) is 11.3 Å². The maximum Gasteiger partial charge on any atom is 0.228 e. The van der Waals surface area contributed by atoms with E-state index < -0.39 is 0 Å². The number of nitrogens with one attached hydrogen (secondary N) is 1. The highest BCUT2D eigenvalue weighted by Crippen LogP contribution is 2.15. The van der Waals surface area contributed by atoms with Crippen molar-refractivity contribution >= 4 is 11.6 Å². The van der Waals surface area contributed by atoms with Crippen molar-refractivity contribution in [2.45, 2.75) is 6.42 Å². The van der Waals surface area contributed by atoms with Gasteiger partial charge in [0.25, 0.3) is 0 Å². The van der Waals surface area contributed by atoms with Gasteiger partial charge < -0.3 is 5.32 Å². The Morgan fingerprint density at radius 1 is 1.14 bits per heavy atom. The number of hydrogen-bond donors (Lipinski definition) is 1. The molecule has 0 spiro atoms. The Morgan fingerprint density at radius 3 is 2.77 bits per heavy atom. The van der Waals surface area contributed by atoms with Crippen molar-refractivity contribution in [1.82, 2.24) is 9.78 Å². The molecular formula is C17H14FN3O. The summed E-state index contributed by atoms with van der Waals surface area (Å²) >= 11 is 0. The predicted octanol–water partition coefficient (Wildman–Crippen LogP) is 3.19. The van der Waals surface area contributed by atoms with E-state index in [1.807, 2.05) is 30.5 Å². The first-order valence-corrected chi connectivity index (χ1v) is 6.86. The Labute approximate surface area is 127 Å². The van der Waals surface area contributed by atoms with Crippen LogP contribution in [-0.4, -0.2) is 15.7 Å². The minimum absolute atomic E-state index is 0.00132. The summed E-state index contributed by atoms with van der Waals surface area (Å²) in [5, 5.41) is 6.91. The van der Waals surface area contributed by atoms with E-state index in [9.17, 15) is 9.18 Å². The van der Waals surface area contributed by atoms with Crippen molar-refractivity contribution in [1.29, 1.82) is 0 Å². The average Bonchev–Trinajstić information content (AvgIpc) is 3.04. The highest BCUT2D eigenvalue weighted by molar-refractivity contribution is 5.92. The van der Waals surface area contributed by atoms with Crippen LogP contribution in [0.3, 0.4) is 0 Å². The summed E-state index contributed by atoms with van der Waals surface area (Å²) < 4.78 is 15.2. The Bertz CT molecular complexity index is 784. The molecule has 22 heavy (non-hydrogen) atoms. The van der Waals surface area contributed by atoms with Crippen molar-refractivity contribution in [3.8, 4) is 5.69 Å². The third-order valence-corrected chi connectivity index (χ3v) is 3.21. The zero-order valence-electron chi connectivity index (χ0n) is 11.7. The van der Waals surface area contributed by atoms with Gasteiger partial charge in [-0.1, -0.05) is 24.3 Å². The van der Waals surface area contributed by atoms with Gasteiger partial charge in [0, 0.05) is 18.1 Å². The molecule has 1 N–H and O–H groups in total. The summed E-state index contributed by atoms with van der Waals surface area (Å²) in [5.74, 6) is -0.634. The number of aromatic nitrogens is 2. The number of hydrogen-bond acceptors (Lipinski definition) is 2. The maximum absolute atomic E-state index is 13.5. The van der Waals surface area contributed by atoms with Gasteiger partial charge in [-0.2, -0.15) is 5.10 Å². The first-order chi connectivity index (χ1) is 10.7. The number of benzene rings is 2. The van der Waals surface area contributed by atoms with E-state index in [0.717, 1.165) is 5.69 Å². The van der Waals surface area contributed by atoms with E-state index >= 15 is 0 Å². The minimum Gasteiger partial charge on any atom is -0.326 e. The molecule has 0 bridgehead atoms. The monoisotopic (exact) mass is 295 g/mol. The molecule has 3 rings (SSSR count). The lowest BCUT2D eigenvalue weighted by atomic mass is 10.1. The number of carbonyl (C=O) groups excluding carboxylic acids is 1. The molecule has 0 saturated carbocycles. The third kappa shape index (κ3) is 3.20. The van der Waals surface area contributed by atoms with Gasteiger partial charge in [-0.15, -0.1) is 0 Å². The number of halogens is 1. The van der Waals surface area contributed by atoms with Crippen LogP contribution < -0.4 is 5.32 Å². The fourth-order valence-electron chi connectivity index (χ4n) is 2.17. The summed E-state index contributed by atoms with van der Waals surface area (Å²) in [6.45, 7) is 0. The van der Waals surface area contributed by atoms with Crippen LogP contribution in [0.15, 0.2) is 67.0 Å². The highest BCUT2D eigenvalue weighted by Gasteiger charge is 2.08. The molecule has 0 atom stereocenters. The van der Waals surface area contributed by atoms with Gasteiger partial charge in [-0.25, -0.2) is 9.07 Å². The molecule has 0 fully saturated rings. The van der Waals surface area contributed by atoms with E-state index in [4.69, 9.17) is 0 Å². The standard InChI is InChI=1S/C17H14FN3O/c18-16-8-2-1-5-13(16)11-17(22)20-14-6-3-7-15(12-14)21-10-4-9-19-21/h1-10,12H,11H2,(H,20,22). The lowest BCUT2D eigenvalue weighted by Gasteiger charge is -2.08. The SMILES string of the molecule is O=C(Cc1ccccc1F)Nc1cccc(-n2cccn2)c1. The second-order valence-corrected chi connectivity index (χ2v) is 4.82. The third-order valence-electron chi connectivity index (χ3n) is 3.21. The fraction of sp³-hybridized carbons (Fsp3) is 0.0588. The topological polar surface area (TPSA) is 46.9 Å². The number of carbonyl (C=O) groups is 1. The van der Waals surface area contributed by atoms with Gasteiger partial charge in [0.2, 0.25) is 5.91 Å². The van der Waals surface area contributed by atoms with Crippen molar-refractivity contribution < 1.29 is 9.18 Å². The normalized spacial score (nSPS) is 10.4. The van der Waals surface area contributed by atoms with E-state index in [1.54, 1.807) is 35.1 Å². The lowest BCUT2D eigenvalue weighted by molar-refractivity contribution is -0.115. The minimum atomic E-state index is -0.372.